The maximum Gasteiger partial charge on any atom is 0.272 e. The number of amides is 2. The summed E-state index contributed by atoms with van der Waals surface area (Å²) in [7, 11) is 0. The van der Waals surface area contributed by atoms with Gasteiger partial charge in [-0.25, -0.2) is 5.48 Å². The Hall–Kier alpha value is -2.42. The van der Waals surface area contributed by atoms with Gasteiger partial charge < -0.3 is 14.9 Å². The molecule has 3 N–H and O–H groups in total. The van der Waals surface area contributed by atoms with Crippen molar-refractivity contribution in [3.05, 3.63) is 53.0 Å². The molecule has 0 spiro atoms. The highest BCUT2D eigenvalue weighted by Crippen LogP contribution is 2.27. The van der Waals surface area contributed by atoms with Crippen LogP contribution in [0.3, 0.4) is 0 Å². The molecule has 0 radical (unpaired) electrons. The Labute approximate surface area is 203 Å². The fourth-order valence-electron chi connectivity index (χ4n) is 4.36. The molecule has 1 aliphatic heterocycles. The lowest BCUT2D eigenvalue weighted by atomic mass is 9.89. The second-order valence-corrected chi connectivity index (χ2v) is 9.95. The van der Waals surface area contributed by atoms with Crippen LogP contribution < -0.4 is 10.4 Å². The van der Waals surface area contributed by atoms with E-state index >= 15 is 0 Å². The van der Waals surface area contributed by atoms with Crippen LogP contribution in [-0.4, -0.2) is 58.8 Å². The van der Waals surface area contributed by atoms with Gasteiger partial charge in [0.2, 0.25) is 5.91 Å². The molecule has 2 aromatic rings. The monoisotopic (exact) mass is 517 g/mol. The minimum Gasteiger partial charge on any atom is -0.382 e. The van der Waals surface area contributed by atoms with Crippen molar-refractivity contribution in [2.24, 2.45) is 11.8 Å². The Morgan fingerprint density at radius 2 is 1.64 bits per heavy atom. The minimum absolute atomic E-state index is 0.0866. The largest absolute Gasteiger partial charge is 0.382 e. The number of carbonyl (C=O) groups excluding carboxylic acids is 2. The van der Waals surface area contributed by atoms with Crippen LogP contribution in [0.25, 0.3) is 11.1 Å². The third kappa shape index (κ3) is 6.13. The van der Waals surface area contributed by atoms with Gasteiger partial charge in [0, 0.05) is 35.8 Å². The zero-order valence-electron chi connectivity index (χ0n) is 19.2. The number of aliphatic hydroxyl groups excluding tert-OH is 1. The van der Waals surface area contributed by atoms with E-state index in [1.165, 1.54) is 5.48 Å². The maximum atomic E-state index is 13.3. The first kappa shape index (κ1) is 25.2. The summed E-state index contributed by atoms with van der Waals surface area (Å²) in [5, 5.41) is 19.3. The van der Waals surface area contributed by atoms with Crippen LogP contribution in [-0.2, 0) is 9.59 Å². The van der Waals surface area contributed by atoms with E-state index < -0.39 is 17.9 Å². The molecule has 3 rings (SSSR count). The molecule has 0 unspecified atom stereocenters. The molecule has 1 saturated heterocycles. The van der Waals surface area contributed by atoms with Gasteiger partial charge >= 0.3 is 0 Å². The Morgan fingerprint density at radius 3 is 2.15 bits per heavy atom. The van der Waals surface area contributed by atoms with E-state index in [2.05, 4.69) is 57.2 Å². The highest BCUT2D eigenvalue weighted by atomic mass is 79.9. The average Bonchev–Trinajstić information content (AvgIpc) is 2.81. The topological polar surface area (TPSA) is 93.1 Å². The molecule has 1 aliphatic rings. The predicted molar refractivity (Wildman–Crippen MR) is 132 cm³/mol. The number of aliphatic hydroxyl groups is 1. The average molecular weight is 518 g/mol. The summed E-state index contributed by atoms with van der Waals surface area (Å²) >= 11 is 3.46. The lowest BCUT2D eigenvalue weighted by Gasteiger charge is -2.42. The summed E-state index contributed by atoms with van der Waals surface area (Å²) < 4.78 is 1.05. The number of hydrogen-bond donors (Lipinski definition) is 3. The van der Waals surface area contributed by atoms with Crippen LogP contribution in [0, 0.1) is 11.8 Å². The van der Waals surface area contributed by atoms with E-state index in [9.17, 15) is 14.7 Å². The van der Waals surface area contributed by atoms with Gasteiger partial charge in [-0.3, -0.25) is 14.8 Å². The number of anilines is 1. The molecule has 178 valence electrons. The number of hydroxylamine groups is 1. The molecule has 0 aliphatic carbocycles. The molecule has 2 aromatic carbocycles. The van der Waals surface area contributed by atoms with Gasteiger partial charge in [0.1, 0.15) is 6.10 Å². The predicted octanol–water partition coefficient (Wildman–Crippen LogP) is 3.68. The first-order chi connectivity index (χ1) is 15.7. The highest BCUT2D eigenvalue weighted by molar-refractivity contribution is 9.10. The van der Waals surface area contributed by atoms with E-state index in [4.69, 9.17) is 5.21 Å². The summed E-state index contributed by atoms with van der Waals surface area (Å²) in [5.41, 5.74) is 4.84. The number of carbonyl (C=O) groups is 2. The molecule has 0 aromatic heterocycles. The molecule has 1 fully saturated rings. The molecule has 0 bridgehead atoms. The van der Waals surface area contributed by atoms with Crippen molar-refractivity contribution in [1.82, 2.24) is 10.4 Å². The smallest absolute Gasteiger partial charge is 0.272 e. The number of hydrogen-bond acceptors (Lipinski definition) is 5. The number of rotatable bonds is 7. The first-order valence-corrected chi connectivity index (χ1v) is 12.0. The van der Waals surface area contributed by atoms with Crippen LogP contribution in [0.5, 0.6) is 0 Å². The fourth-order valence-corrected chi connectivity index (χ4v) is 4.63. The zero-order valence-corrected chi connectivity index (χ0v) is 20.8. The SMILES string of the molecule is CC(C)C[C@H](C(=O)N1CCN(c2ccc(-c3ccc(Br)cc3)cc2)C[C@H]1C)[C@H](O)C(=O)NO. The summed E-state index contributed by atoms with van der Waals surface area (Å²) in [4.78, 5) is 29.0. The summed E-state index contributed by atoms with van der Waals surface area (Å²) in [5.74, 6) is -1.99. The molecular weight excluding hydrogens is 486 g/mol. The minimum atomic E-state index is -1.58. The zero-order chi connectivity index (χ0) is 24.1. The van der Waals surface area contributed by atoms with E-state index in [-0.39, 0.29) is 17.9 Å². The molecule has 3 atom stereocenters. The summed E-state index contributed by atoms with van der Waals surface area (Å²) in [6.07, 6.45) is -1.22. The number of nitrogens with one attached hydrogen (secondary N) is 1. The first-order valence-electron chi connectivity index (χ1n) is 11.2. The second kappa shape index (κ2) is 11.1. The normalized spacial score (nSPS) is 18.2. The highest BCUT2D eigenvalue weighted by Gasteiger charge is 2.38. The quantitative estimate of drug-likeness (QED) is 0.384. The molecule has 0 saturated carbocycles. The van der Waals surface area contributed by atoms with E-state index in [1.54, 1.807) is 4.90 Å². The van der Waals surface area contributed by atoms with Crippen molar-refractivity contribution in [2.75, 3.05) is 24.5 Å². The molecule has 7 nitrogen and oxygen atoms in total. The Bertz CT molecular complexity index is 949. The van der Waals surface area contributed by atoms with Gasteiger partial charge in [-0.1, -0.05) is 54.0 Å². The molecule has 33 heavy (non-hydrogen) atoms. The molecule has 1 heterocycles. The van der Waals surface area contributed by atoms with Gasteiger partial charge in [-0.15, -0.1) is 0 Å². The van der Waals surface area contributed by atoms with Gasteiger partial charge in [0.15, 0.2) is 0 Å². The fraction of sp³-hybridized carbons (Fsp3) is 0.440. The van der Waals surface area contributed by atoms with Crippen molar-refractivity contribution < 1.29 is 19.9 Å². The van der Waals surface area contributed by atoms with Gasteiger partial charge in [0.25, 0.3) is 5.91 Å². The third-order valence-corrected chi connectivity index (χ3v) is 6.65. The van der Waals surface area contributed by atoms with E-state index in [0.717, 1.165) is 21.3 Å². The number of benzene rings is 2. The van der Waals surface area contributed by atoms with Crippen LogP contribution in [0.1, 0.15) is 27.2 Å². The summed E-state index contributed by atoms with van der Waals surface area (Å²) in [6.45, 7) is 7.65. The van der Waals surface area contributed by atoms with Crippen LogP contribution in [0.4, 0.5) is 5.69 Å². The van der Waals surface area contributed by atoms with Crippen molar-refractivity contribution in [3.8, 4) is 11.1 Å². The van der Waals surface area contributed by atoms with Gasteiger partial charge in [0.05, 0.1) is 5.92 Å². The van der Waals surface area contributed by atoms with Crippen molar-refractivity contribution in [1.29, 1.82) is 0 Å². The number of halogens is 1. The lowest BCUT2D eigenvalue weighted by molar-refractivity contribution is -0.152. The third-order valence-electron chi connectivity index (χ3n) is 6.12. The van der Waals surface area contributed by atoms with Crippen molar-refractivity contribution >= 4 is 33.4 Å². The Balaban J connectivity index is 1.68. The molecular formula is C25H32BrN3O4. The second-order valence-electron chi connectivity index (χ2n) is 9.04. The van der Waals surface area contributed by atoms with Crippen LogP contribution in [0.2, 0.25) is 0 Å². The van der Waals surface area contributed by atoms with Crippen LogP contribution >= 0.6 is 15.9 Å². The van der Waals surface area contributed by atoms with Crippen molar-refractivity contribution in [2.45, 2.75) is 39.3 Å². The number of nitrogens with zero attached hydrogens (tertiary/aromatic N) is 2. The van der Waals surface area contributed by atoms with E-state index in [1.807, 2.05) is 32.9 Å². The Kier molecular flexibility index (Phi) is 8.51. The van der Waals surface area contributed by atoms with Gasteiger partial charge in [-0.2, -0.15) is 0 Å². The summed E-state index contributed by atoms with van der Waals surface area (Å²) in [6, 6.07) is 16.5. The standard InChI is InChI=1S/C25H32BrN3O4/c1-16(2)14-22(23(30)24(31)27-33)25(32)29-13-12-28(15-17(29)3)21-10-6-19(7-11-21)18-4-8-20(26)9-5-18/h4-11,16-17,22-23,30,33H,12-15H2,1-3H3,(H,27,31)/t17-,22+,23+/m1/s1. The van der Waals surface area contributed by atoms with Gasteiger partial charge in [-0.05, 0) is 54.7 Å². The lowest BCUT2D eigenvalue weighted by Crippen LogP contribution is -2.57. The molecule has 8 heteroatoms. The van der Waals surface area contributed by atoms with E-state index in [0.29, 0.717) is 26.1 Å². The maximum absolute atomic E-state index is 13.3. The number of piperazine rings is 1. The van der Waals surface area contributed by atoms with Crippen LogP contribution in [0.15, 0.2) is 53.0 Å². The van der Waals surface area contributed by atoms with Crippen molar-refractivity contribution in [3.63, 3.8) is 0 Å². The Morgan fingerprint density at radius 1 is 1.06 bits per heavy atom. The molecule has 2 amide bonds.